The maximum atomic E-state index is 12.4. The zero-order valence-corrected chi connectivity index (χ0v) is 21.2. The van der Waals surface area contributed by atoms with Crippen LogP contribution in [0.5, 0.6) is 0 Å². The molecule has 0 aliphatic heterocycles. The molecule has 0 spiro atoms. The Morgan fingerprint density at radius 2 is 1.39 bits per heavy atom. The fourth-order valence-corrected chi connectivity index (χ4v) is 3.31. The van der Waals surface area contributed by atoms with Gasteiger partial charge in [-0.3, -0.25) is 14.4 Å². The Kier molecular flexibility index (Phi) is 13.7. The third-order valence-electron chi connectivity index (χ3n) is 4.13. The number of Topliss-reactive ketones (excluding diaryl/α,β-unsaturated/α-hetero) is 1. The number of ketones is 1. The van der Waals surface area contributed by atoms with Crippen LogP contribution >= 0.6 is 31.9 Å². The molecule has 0 bridgehead atoms. The number of amides is 2. The minimum Gasteiger partial charge on any atom is -0.480 e. The van der Waals surface area contributed by atoms with E-state index in [0.29, 0.717) is 10.7 Å². The van der Waals surface area contributed by atoms with E-state index in [1.54, 1.807) is 0 Å². The Bertz CT molecular complexity index is 890. The number of alkyl carbamates (subject to hydrolysis) is 1. The van der Waals surface area contributed by atoms with Crippen LogP contribution < -0.4 is 10.6 Å². The van der Waals surface area contributed by atoms with E-state index < -0.39 is 30.1 Å². The number of nitrogens with one attached hydrogen (secondary N) is 2. The van der Waals surface area contributed by atoms with Crippen molar-refractivity contribution < 1.29 is 29.0 Å². The number of hydrogen-bond acceptors (Lipinski definition) is 5. The number of ether oxygens (including phenoxy) is 1. The van der Waals surface area contributed by atoms with Crippen molar-refractivity contribution in [3.05, 3.63) is 71.8 Å². The van der Waals surface area contributed by atoms with Crippen LogP contribution in [0.25, 0.3) is 0 Å². The Hall–Kier alpha value is -2.72. The van der Waals surface area contributed by atoms with Crippen LogP contribution in [0.1, 0.15) is 18.1 Å². The summed E-state index contributed by atoms with van der Waals surface area (Å²) in [5, 5.41) is 14.8. The molecule has 2 aromatic carbocycles. The first-order valence-electron chi connectivity index (χ1n) is 9.94. The fourth-order valence-electron chi connectivity index (χ4n) is 2.38. The largest absolute Gasteiger partial charge is 0.480 e. The summed E-state index contributed by atoms with van der Waals surface area (Å²) in [4.78, 5) is 45.6. The normalized spacial score (nSPS) is 11.7. The molecule has 0 radical (unpaired) electrons. The summed E-state index contributed by atoms with van der Waals surface area (Å²) in [6.45, 7) is 1.42. The van der Waals surface area contributed by atoms with Crippen molar-refractivity contribution in [1.82, 2.24) is 10.6 Å². The SMILES string of the molecule is C[C@H](NC(=O)[C@H](Cc1ccccc1)NC(=O)OCc1ccccc1)C(=O)O.O=C(CBr)CBr. The average molecular weight is 586 g/mol. The lowest BCUT2D eigenvalue weighted by Crippen LogP contribution is -2.51. The monoisotopic (exact) mass is 584 g/mol. The van der Waals surface area contributed by atoms with E-state index in [1.165, 1.54) is 6.92 Å². The molecule has 0 saturated heterocycles. The molecule has 178 valence electrons. The van der Waals surface area contributed by atoms with Gasteiger partial charge in [0.1, 0.15) is 18.7 Å². The molecule has 2 rings (SSSR count). The minimum absolute atomic E-state index is 0.0673. The first-order valence-corrected chi connectivity index (χ1v) is 12.2. The Labute approximate surface area is 209 Å². The van der Waals surface area contributed by atoms with E-state index in [-0.39, 0.29) is 18.8 Å². The van der Waals surface area contributed by atoms with Crippen molar-refractivity contribution in [1.29, 1.82) is 0 Å². The summed E-state index contributed by atoms with van der Waals surface area (Å²) in [5.74, 6) is -1.58. The molecule has 33 heavy (non-hydrogen) atoms. The predicted molar refractivity (Wildman–Crippen MR) is 132 cm³/mol. The summed E-state index contributed by atoms with van der Waals surface area (Å²) >= 11 is 5.99. The average Bonchev–Trinajstić information content (AvgIpc) is 2.83. The first kappa shape index (κ1) is 28.3. The molecule has 10 heteroatoms. The van der Waals surface area contributed by atoms with Crippen molar-refractivity contribution in [2.75, 3.05) is 10.7 Å². The highest BCUT2D eigenvalue weighted by atomic mass is 79.9. The summed E-state index contributed by atoms with van der Waals surface area (Å²) in [6, 6.07) is 16.2. The molecule has 0 aromatic heterocycles. The molecular formula is C23H26Br2N2O6. The van der Waals surface area contributed by atoms with Crippen molar-refractivity contribution in [2.24, 2.45) is 0 Å². The lowest BCUT2D eigenvalue weighted by Gasteiger charge is -2.20. The van der Waals surface area contributed by atoms with Crippen LogP contribution in [0.2, 0.25) is 0 Å². The maximum Gasteiger partial charge on any atom is 0.408 e. The zero-order valence-electron chi connectivity index (χ0n) is 18.0. The van der Waals surface area contributed by atoms with Crippen LogP contribution in [0.4, 0.5) is 4.79 Å². The minimum atomic E-state index is -1.16. The zero-order chi connectivity index (χ0) is 24.6. The summed E-state index contributed by atoms with van der Waals surface area (Å²) in [6.07, 6.45) is -0.544. The second-order valence-electron chi connectivity index (χ2n) is 6.82. The molecule has 0 unspecified atom stereocenters. The first-order chi connectivity index (χ1) is 15.8. The molecule has 0 aliphatic carbocycles. The van der Waals surface area contributed by atoms with E-state index in [0.717, 1.165) is 11.1 Å². The highest BCUT2D eigenvalue weighted by Crippen LogP contribution is 2.06. The number of benzene rings is 2. The van der Waals surface area contributed by atoms with E-state index in [4.69, 9.17) is 9.84 Å². The van der Waals surface area contributed by atoms with Gasteiger partial charge < -0.3 is 20.5 Å². The van der Waals surface area contributed by atoms with E-state index >= 15 is 0 Å². The molecule has 0 aliphatic rings. The summed E-state index contributed by atoms with van der Waals surface area (Å²) < 4.78 is 5.15. The van der Waals surface area contributed by atoms with Crippen molar-refractivity contribution in [2.45, 2.75) is 32.0 Å². The van der Waals surface area contributed by atoms with Gasteiger partial charge in [-0.25, -0.2) is 4.79 Å². The van der Waals surface area contributed by atoms with Gasteiger partial charge in [0.2, 0.25) is 5.91 Å². The standard InChI is InChI=1S/C20H22N2O5.C3H4Br2O/c1-14(19(24)25)21-18(23)17(12-15-8-4-2-5-9-15)22-20(26)27-13-16-10-6-3-7-11-16;4-1-3(6)2-5/h2-11,14,17H,12-13H2,1H3,(H,21,23)(H,22,26)(H,24,25);1-2H2/t14-,17-;/m0./s1. The number of carboxylic acids is 1. The number of carbonyl (C=O) groups excluding carboxylic acids is 3. The van der Waals surface area contributed by atoms with E-state index in [2.05, 4.69) is 42.5 Å². The Morgan fingerprint density at radius 1 is 0.879 bits per heavy atom. The van der Waals surface area contributed by atoms with Gasteiger partial charge >= 0.3 is 12.1 Å². The van der Waals surface area contributed by atoms with Crippen LogP contribution in [-0.4, -0.2) is 51.6 Å². The Morgan fingerprint density at radius 3 is 1.85 bits per heavy atom. The third kappa shape index (κ3) is 12.2. The third-order valence-corrected chi connectivity index (χ3v) is 5.38. The summed E-state index contributed by atoms with van der Waals surface area (Å²) in [5.41, 5.74) is 1.64. The second kappa shape index (κ2) is 16.0. The number of rotatable bonds is 10. The highest BCUT2D eigenvalue weighted by molar-refractivity contribution is 9.10. The number of alkyl halides is 2. The van der Waals surface area contributed by atoms with Gasteiger partial charge in [0.15, 0.2) is 5.78 Å². The molecule has 2 atom stereocenters. The van der Waals surface area contributed by atoms with Gasteiger partial charge in [-0.2, -0.15) is 0 Å². The molecule has 0 saturated carbocycles. The molecule has 0 fully saturated rings. The van der Waals surface area contributed by atoms with Gasteiger partial charge in [-0.15, -0.1) is 0 Å². The summed E-state index contributed by atoms with van der Waals surface area (Å²) in [7, 11) is 0. The number of carboxylic acid groups (broad SMARTS) is 1. The smallest absolute Gasteiger partial charge is 0.408 e. The molecular weight excluding hydrogens is 560 g/mol. The lowest BCUT2D eigenvalue weighted by molar-refractivity contribution is -0.141. The molecule has 2 aromatic rings. The van der Waals surface area contributed by atoms with Crippen LogP contribution in [0.15, 0.2) is 60.7 Å². The number of carbonyl (C=O) groups is 4. The number of hydrogen-bond donors (Lipinski definition) is 3. The number of halogens is 2. The van der Waals surface area contributed by atoms with Crippen LogP contribution in [0.3, 0.4) is 0 Å². The lowest BCUT2D eigenvalue weighted by atomic mass is 10.1. The second-order valence-corrected chi connectivity index (χ2v) is 7.94. The van der Waals surface area contributed by atoms with Crippen LogP contribution in [-0.2, 0) is 32.1 Å². The van der Waals surface area contributed by atoms with Gasteiger partial charge in [0, 0.05) is 6.42 Å². The quantitative estimate of drug-likeness (QED) is 0.367. The van der Waals surface area contributed by atoms with Gasteiger partial charge in [0.05, 0.1) is 10.7 Å². The predicted octanol–water partition coefficient (Wildman–Crippen LogP) is 3.46. The molecule has 2 amide bonds. The van der Waals surface area contributed by atoms with Gasteiger partial charge in [-0.05, 0) is 18.1 Å². The molecule has 3 N–H and O–H groups in total. The molecule has 8 nitrogen and oxygen atoms in total. The Balaban J connectivity index is 0.000000801. The molecule has 0 heterocycles. The van der Waals surface area contributed by atoms with Gasteiger partial charge in [0.25, 0.3) is 0 Å². The van der Waals surface area contributed by atoms with Crippen molar-refractivity contribution >= 4 is 55.6 Å². The van der Waals surface area contributed by atoms with Gasteiger partial charge in [-0.1, -0.05) is 92.5 Å². The topological polar surface area (TPSA) is 122 Å². The maximum absolute atomic E-state index is 12.4. The van der Waals surface area contributed by atoms with E-state index in [9.17, 15) is 19.2 Å². The number of aliphatic carboxylic acids is 1. The van der Waals surface area contributed by atoms with Crippen molar-refractivity contribution in [3.8, 4) is 0 Å². The van der Waals surface area contributed by atoms with Crippen LogP contribution in [0, 0.1) is 0 Å². The fraction of sp³-hybridized carbons (Fsp3) is 0.304. The van der Waals surface area contributed by atoms with Crippen molar-refractivity contribution in [3.63, 3.8) is 0 Å². The van der Waals surface area contributed by atoms with E-state index in [1.807, 2.05) is 60.7 Å². The highest BCUT2D eigenvalue weighted by Gasteiger charge is 2.25.